The van der Waals surface area contributed by atoms with E-state index in [9.17, 15) is 5.11 Å². The Morgan fingerprint density at radius 1 is 1.60 bits per heavy atom. The highest BCUT2D eigenvalue weighted by Crippen LogP contribution is 2.23. The Morgan fingerprint density at radius 2 is 2.20 bits per heavy atom. The Kier molecular flexibility index (Phi) is 2.69. The first-order chi connectivity index (χ1) is 4.84. The van der Waals surface area contributed by atoms with Crippen molar-refractivity contribution in [3.63, 3.8) is 0 Å². The third kappa shape index (κ3) is 1.71. The lowest BCUT2D eigenvalue weighted by Gasteiger charge is -2.14. The number of aliphatic hydroxyl groups is 1. The minimum absolute atomic E-state index is 0.174. The first-order valence-corrected chi connectivity index (χ1v) is 3.78. The zero-order valence-electron chi connectivity index (χ0n) is 6.16. The minimum Gasteiger partial charge on any atom is -0.392 e. The topological polar surface area (TPSA) is 20.2 Å². The predicted molar refractivity (Wildman–Crippen MR) is 42.7 cm³/mol. The Morgan fingerprint density at radius 3 is 2.70 bits per heavy atom. The summed E-state index contributed by atoms with van der Waals surface area (Å²) in [7, 11) is 0. The normalized spacial score (nSPS) is 21.3. The molecule has 1 heteroatoms. The van der Waals surface area contributed by atoms with Crippen LogP contribution < -0.4 is 0 Å². The van der Waals surface area contributed by atoms with Gasteiger partial charge in [0.2, 0.25) is 0 Å². The number of hydrogen-bond donors (Lipinski definition) is 1. The van der Waals surface area contributed by atoms with Crippen LogP contribution >= 0.6 is 0 Å². The average Bonchev–Trinajstić information content (AvgIpc) is 2.38. The summed E-state index contributed by atoms with van der Waals surface area (Å²) in [6, 6.07) is 0. The van der Waals surface area contributed by atoms with Gasteiger partial charge in [-0.15, -0.1) is 6.58 Å². The fraction of sp³-hybridized carbons (Fsp3) is 0.556. The summed E-state index contributed by atoms with van der Waals surface area (Å²) in [4.78, 5) is 0. The van der Waals surface area contributed by atoms with Crippen LogP contribution in [0.2, 0.25) is 0 Å². The van der Waals surface area contributed by atoms with Crippen LogP contribution in [-0.2, 0) is 0 Å². The maximum absolute atomic E-state index is 9.44. The largest absolute Gasteiger partial charge is 0.392 e. The zero-order chi connectivity index (χ0) is 7.40. The van der Waals surface area contributed by atoms with E-state index in [1.54, 1.807) is 6.08 Å². The van der Waals surface area contributed by atoms with Gasteiger partial charge in [0.25, 0.3) is 0 Å². The third-order valence-electron chi connectivity index (χ3n) is 2.00. The Hall–Kier alpha value is -0.560. The van der Waals surface area contributed by atoms with Crippen molar-refractivity contribution in [2.75, 3.05) is 0 Å². The van der Waals surface area contributed by atoms with Crippen molar-refractivity contribution >= 4 is 0 Å². The Bertz CT molecular complexity index is 130. The number of allylic oxidation sites excluding steroid dienone is 2. The van der Waals surface area contributed by atoms with Crippen molar-refractivity contribution in [2.24, 2.45) is 5.92 Å². The molecule has 0 fully saturated rings. The van der Waals surface area contributed by atoms with Gasteiger partial charge in [-0.05, 0) is 25.2 Å². The second-order valence-electron chi connectivity index (χ2n) is 2.79. The molecule has 0 aromatic carbocycles. The zero-order valence-corrected chi connectivity index (χ0v) is 6.16. The highest BCUT2D eigenvalue weighted by molar-refractivity contribution is 4.97. The van der Waals surface area contributed by atoms with Crippen LogP contribution in [0, 0.1) is 5.92 Å². The molecule has 1 nitrogen and oxygen atoms in total. The molecule has 1 rings (SSSR count). The lowest BCUT2D eigenvalue weighted by Crippen LogP contribution is -2.16. The van der Waals surface area contributed by atoms with Gasteiger partial charge in [-0.25, -0.2) is 0 Å². The molecule has 0 aromatic heterocycles. The molecule has 10 heavy (non-hydrogen) atoms. The van der Waals surface area contributed by atoms with Gasteiger partial charge in [0.1, 0.15) is 0 Å². The average molecular weight is 138 g/mol. The summed E-state index contributed by atoms with van der Waals surface area (Å²) in [5, 5.41) is 9.44. The molecule has 0 saturated heterocycles. The Balaban J connectivity index is 2.27. The van der Waals surface area contributed by atoms with Crippen molar-refractivity contribution < 1.29 is 5.11 Å². The van der Waals surface area contributed by atoms with Gasteiger partial charge >= 0.3 is 0 Å². The maximum atomic E-state index is 9.44. The molecule has 0 heterocycles. The summed E-state index contributed by atoms with van der Waals surface area (Å²) >= 11 is 0. The molecule has 1 atom stereocenters. The van der Waals surface area contributed by atoms with Crippen molar-refractivity contribution in [3.8, 4) is 0 Å². The molecule has 1 aliphatic carbocycles. The van der Waals surface area contributed by atoms with E-state index in [0.717, 1.165) is 19.3 Å². The van der Waals surface area contributed by atoms with E-state index in [4.69, 9.17) is 0 Å². The van der Waals surface area contributed by atoms with E-state index in [0.29, 0.717) is 5.92 Å². The van der Waals surface area contributed by atoms with Crippen molar-refractivity contribution in [1.82, 2.24) is 0 Å². The van der Waals surface area contributed by atoms with Crippen LogP contribution in [0.4, 0.5) is 0 Å². The molecule has 0 aliphatic heterocycles. The van der Waals surface area contributed by atoms with Crippen LogP contribution in [0.3, 0.4) is 0 Å². The first-order valence-electron chi connectivity index (χ1n) is 3.78. The summed E-state index contributed by atoms with van der Waals surface area (Å²) in [6.07, 6.45) is 8.68. The molecular weight excluding hydrogens is 124 g/mol. The van der Waals surface area contributed by atoms with E-state index < -0.39 is 0 Å². The van der Waals surface area contributed by atoms with Crippen molar-refractivity contribution in [1.29, 1.82) is 0 Å². The van der Waals surface area contributed by atoms with Gasteiger partial charge in [0.15, 0.2) is 0 Å². The second-order valence-corrected chi connectivity index (χ2v) is 2.79. The monoisotopic (exact) mass is 138 g/mol. The highest BCUT2D eigenvalue weighted by Gasteiger charge is 2.17. The molecular formula is C9H14O. The highest BCUT2D eigenvalue weighted by atomic mass is 16.3. The fourth-order valence-corrected chi connectivity index (χ4v) is 1.32. The molecule has 0 bridgehead atoms. The molecule has 0 aromatic rings. The van der Waals surface area contributed by atoms with Gasteiger partial charge in [-0.3, -0.25) is 0 Å². The van der Waals surface area contributed by atoms with E-state index in [1.165, 1.54) is 0 Å². The molecule has 0 amide bonds. The molecule has 56 valence electrons. The van der Waals surface area contributed by atoms with E-state index >= 15 is 0 Å². The predicted octanol–water partition coefficient (Wildman–Crippen LogP) is 1.89. The quantitative estimate of drug-likeness (QED) is 0.590. The maximum Gasteiger partial charge on any atom is 0.0608 e. The van der Waals surface area contributed by atoms with Crippen molar-refractivity contribution in [2.45, 2.75) is 25.4 Å². The third-order valence-corrected chi connectivity index (χ3v) is 2.00. The van der Waals surface area contributed by atoms with E-state index in [-0.39, 0.29) is 6.10 Å². The van der Waals surface area contributed by atoms with Crippen LogP contribution in [0.1, 0.15) is 19.3 Å². The lowest BCUT2D eigenvalue weighted by atomic mass is 9.98. The smallest absolute Gasteiger partial charge is 0.0608 e. The molecule has 0 radical (unpaired) electrons. The van der Waals surface area contributed by atoms with Crippen LogP contribution in [0.25, 0.3) is 0 Å². The first kappa shape index (κ1) is 7.55. The van der Waals surface area contributed by atoms with Crippen LogP contribution in [0.5, 0.6) is 0 Å². The molecule has 1 aliphatic rings. The minimum atomic E-state index is -0.174. The van der Waals surface area contributed by atoms with Gasteiger partial charge in [-0.1, -0.05) is 18.2 Å². The SMILES string of the molecule is C=CCC(O)C1CC=CC1. The summed E-state index contributed by atoms with van der Waals surface area (Å²) in [5.41, 5.74) is 0. The second kappa shape index (κ2) is 3.57. The molecule has 1 unspecified atom stereocenters. The van der Waals surface area contributed by atoms with Crippen LogP contribution in [0.15, 0.2) is 24.8 Å². The van der Waals surface area contributed by atoms with Gasteiger partial charge in [0.05, 0.1) is 6.10 Å². The number of aliphatic hydroxyl groups excluding tert-OH is 1. The van der Waals surface area contributed by atoms with Crippen molar-refractivity contribution in [3.05, 3.63) is 24.8 Å². The van der Waals surface area contributed by atoms with Gasteiger partial charge in [0, 0.05) is 0 Å². The van der Waals surface area contributed by atoms with Gasteiger partial charge in [-0.2, -0.15) is 0 Å². The number of rotatable bonds is 3. The molecule has 0 spiro atoms. The standard InChI is InChI=1S/C9H14O/c1-2-5-9(10)8-6-3-4-7-8/h2-4,8-10H,1,5-7H2. The summed E-state index contributed by atoms with van der Waals surface area (Å²) in [5.74, 6) is 0.456. The summed E-state index contributed by atoms with van der Waals surface area (Å²) < 4.78 is 0. The summed E-state index contributed by atoms with van der Waals surface area (Å²) in [6.45, 7) is 3.59. The number of hydrogen-bond acceptors (Lipinski definition) is 1. The van der Waals surface area contributed by atoms with Crippen LogP contribution in [-0.4, -0.2) is 11.2 Å². The van der Waals surface area contributed by atoms with E-state index in [1.807, 2.05) is 0 Å². The van der Waals surface area contributed by atoms with Gasteiger partial charge < -0.3 is 5.11 Å². The molecule has 0 saturated carbocycles. The van der Waals surface area contributed by atoms with E-state index in [2.05, 4.69) is 18.7 Å². The fourth-order valence-electron chi connectivity index (χ4n) is 1.32. The lowest BCUT2D eigenvalue weighted by molar-refractivity contribution is 0.117. The molecule has 1 N–H and O–H groups in total. The Labute approximate surface area is 62.1 Å².